The van der Waals surface area contributed by atoms with Crippen LogP contribution in [0.3, 0.4) is 0 Å². The minimum atomic E-state index is -0.977. The Bertz CT molecular complexity index is 2040. The monoisotopic (exact) mass is 794 g/mol. The highest BCUT2D eigenvalue weighted by Gasteiger charge is 2.27. The van der Waals surface area contributed by atoms with Crippen LogP contribution in [0.2, 0.25) is 0 Å². The molecule has 0 aliphatic heterocycles. The summed E-state index contributed by atoms with van der Waals surface area (Å²) in [6, 6.07) is 12.8. The average molecular weight is 795 g/mol. The molecule has 6 rings (SSSR count). The number of rotatable bonds is 11. The van der Waals surface area contributed by atoms with Gasteiger partial charge in [0, 0.05) is 11.8 Å². The van der Waals surface area contributed by atoms with Gasteiger partial charge in [0.1, 0.15) is 23.3 Å². The van der Waals surface area contributed by atoms with Crippen molar-refractivity contribution in [2.75, 3.05) is 10.6 Å². The van der Waals surface area contributed by atoms with Gasteiger partial charge in [-0.1, -0.05) is 34.6 Å². The largest absolute Gasteiger partial charge is 0.478 e. The molecule has 0 unspecified atom stereocenters. The summed E-state index contributed by atoms with van der Waals surface area (Å²) in [5, 5.41) is 29.4. The highest BCUT2D eigenvalue weighted by Crippen LogP contribution is 2.29. The van der Waals surface area contributed by atoms with Crippen LogP contribution >= 0.6 is 13.5 Å². The van der Waals surface area contributed by atoms with Crippen LogP contribution in [-0.2, 0) is 4.84 Å². The molecule has 56 heavy (non-hydrogen) atoms. The van der Waals surface area contributed by atoms with E-state index in [1.54, 1.807) is 64.1 Å². The Labute approximate surface area is 330 Å². The second kappa shape index (κ2) is 20.1. The van der Waals surface area contributed by atoms with Gasteiger partial charge in [0.25, 0.3) is 0 Å². The van der Waals surface area contributed by atoms with Crippen LogP contribution in [-0.4, -0.2) is 53.9 Å². The number of amidine groups is 2. The van der Waals surface area contributed by atoms with Crippen LogP contribution in [0.5, 0.6) is 0 Å². The number of benzene rings is 2. The molecule has 2 aromatic carbocycles. The molecular weight excluding hydrogens is 747 g/mol. The van der Waals surface area contributed by atoms with Crippen molar-refractivity contribution in [3.05, 3.63) is 105 Å². The van der Waals surface area contributed by atoms with Crippen LogP contribution in [0.25, 0.3) is 0 Å². The molecule has 4 aromatic rings. The summed E-state index contributed by atoms with van der Waals surface area (Å²) >= 11 is 0. The van der Waals surface area contributed by atoms with Crippen molar-refractivity contribution in [1.82, 2.24) is 19.9 Å². The van der Waals surface area contributed by atoms with E-state index in [2.05, 4.69) is 40.9 Å². The van der Waals surface area contributed by atoms with Gasteiger partial charge < -0.3 is 37.3 Å². The summed E-state index contributed by atoms with van der Waals surface area (Å²) in [6.45, 7) is 10.3. The molecule has 300 valence electrons. The van der Waals surface area contributed by atoms with Crippen molar-refractivity contribution in [3.63, 3.8) is 0 Å². The van der Waals surface area contributed by atoms with Gasteiger partial charge in [-0.25, -0.2) is 38.3 Å². The fourth-order valence-corrected chi connectivity index (χ4v) is 5.05. The fourth-order valence-electron chi connectivity index (χ4n) is 5.05. The predicted octanol–water partition coefficient (Wildman–Crippen LogP) is 6.60. The molecule has 2 aromatic heterocycles. The molecule has 0 bridgehead atoms. The van der Waals surface area contributed by atoms with Crippen LogP contribution in [0.4, 0.5) is 20.4 Å². The Morgan fingerprint density at radius 2 is 1.12 bits per heavy atom. The molecule has 2 heterocycles. The smallest absolute Gasteiger partial charge is 0.365 e. The number of carboxylic acids is 1. The summed E-state index contributed by atoms with van der Waals surface area (Å²) in [7, 11) is 0. The first-order valence-corrected chi connectivity index (χ1v) is 17.6. The zero-order chi connectivity index (χ0) is 40.4. The van der Waals surface area contributed by atoms with E-state index in [9.17, 15) is 18.4 Å². The van der Waals surface area contributed by atoms with Crippen LogP contribution in [0.1, 0.15) is 106 Å². The number of anilines is 2. The molecule has 18 heteroatoms. The summed E-state index contributed by atoms with van der Waals surface area (Å²) < 4.78 is 28.1. The zero-order valence-corrected chi connectivity index (χ0v) is 33.0. The summed E-state index contributed by atoms with van der Waals surface area (Å²) in [5.41, 5.74) is 13.7. The van der Waals surface area contributed by atoms with Gasteiger partial charge in [0.15, 0.2) is 23.3 Å². The van der Waals surface area contributed by atoms with Crippen molar-refractivity contribution >= 4 is 48.7 Å². The zero-order valence-electron chi connectivity index (χ0n) is 32.0. The van der Waals surface area contributed by atoms with E-state index in [1.165, 1.54) is 12.1 Å². The average Bonchev–Trinajstić information content (AvgIpc) is 4.09. The topological polar surface area (TPSA) is 236 Å². The van der Waals surface area contributed by atoms with Crippen molar-refractivity contribution < 1.29 is 33.5 Å². The lowest BCUT2D eigenvalue weighted by atomic mass is 10.1. The molecule has 2 saturated carbocycles. The summed E-state index contributed by atoms with van der Waals surface area (Å²) in [4.78, 5) is 43.8. The summed E-state index contributed by atoms with van der Waals surface area (Å²) in [6.07, 6.45) is 4.16. The van der Waals surface area contributed by atoms with Gasteiger partial charge in [-0.2, -0.15) is 13.5 Å². The van der Waals surface area contributed by atoms with E-state index in [0.717, 1.165) is 36.8 Å². The van der Waals surface area contributed by atoms with E-state index in [1.807, 2.05) is 13.8 Å². The second-order valence-electron chi connectivity index (χ2n) is 13.3. The quantitative estimate of drug-likeness (QED) is 0.0309. The molecule has 0 saturated heterocycles. The van der Waals surface area contributed by atoms with E-state index < -0.39 is 23.6 Å². The molecule has 2 atom stereocenters. The lowest BCUT2D eigenvalue weighted by Crippen LogP contribution is -2.16. The molecule has 0 radical (unpaired) electrons. The van der Waals surface area contributed by atoms with Gasteiger partial charge in [0.05, 0.1) is 34.6 Å². The standard InChI is InChI=1S/C19H22FN5O2.C15H16FN3O2.C4H8N2O.H2S/c1-10(23-18-16(20)11(2)22-12(3)24-18)13-4-8-15(9-5-13)19(26)27-25-17(21)14-6-7-14;1-8(11-4-6-12(7-5-11)15(20)21)18-14-13(16)9(2)17-10(3)19-14;5-4(6-7)3-1-2-3;/h4-5,8-10,14H,6-7H2,1-3H3,(H2,21,25)(H,22,23,24);4-8H,1-3H3,(H,20,21)(H,17,18,19);3,7H,1-2H2,(H2,5,6);1H2/t10-;8-;;/m00../s1. The lowest BCUT2D eigenvalue weighted by molar-refractivity contribution is 0.0513. The van der Waals surface area contributed by atoms with E-state index in [0.29, 0.717) is 46.2 Å². The Morgan fingerprint density at radius 1 is 0.732 bits per heavy atom. The van der Waals surface area contributed by atoms with Gasteiger partial charge in [-0.3, -0.25) is 0 Å². The normalized spacial score (nSPS) is 14.7. The highest BCUT2D eigenvalue weighted by atomic mass is 32.1. The Hall–Kier alpha value is -5.91. The number of nitrogens with zero attached hydrogens (tertiary/aromatic N) is 6. The summed E-state index contributed by atoms with van der Waals surface area (Å²) in [5.74, 6) is 0.164. The maximum atomic E-state index is 14.2. The molecule has 0 spiro atoms. The van der Waals surface area contributed by atoms with Crippen molar-refractivity contribution in [2.45, 2.75) is 79.3 Å². The van der Waals surface area contributed by atoms with Gasteiger partial charge in [-0.15, -0.1) is 0 Å². The van der Waals surface area contributed by atoms with Crippen LogP contribution < -0.4 is 22.1 Å². The molecular formula is C38H48F2N10O5S. The third kappa shape index (κ3) is 12.9. The van der Waals surface area contributed by atoms with Crippen molar-refractivity contribution in [3.8, 4) is 0 Å². The third-order valence-corrected chi connectivity index (χ3v) is 8.61. The third-order valence-electron chi connectivity index (χ3n) is 8.61. The van der Waals surface area contributed by atoms with Crippen molar-refractivity contribution in [2.24, 2.45) is 33.6 Å². The molecule has 15 nitrogen and oxygen atoms in total. The number of hydrogen-bond acceptors (Lipinski definition) is 12. The molecule has 2 fully saturated rings. The van der Waals surface area contributed by atoms with Crippen LogP contribution in [0, 0.1) is 51.2 Å². The number of carbonyl (C=O) groups excluding carboxylic acids is 1. The van der Waals surface area contributed by atoms with Crippen LogP contribution in [0.15, 0.2) is 58.8 Å². The Balaban J connectivity index is 0.000000257. The highest BCUT2D eigenvalue weighted by molar-refractivity contribution is 7.59. The molecule has 8 N–H and O–H groups in total. The number of halogens is 2. The molecule has 2 aliphatic rings. The van der Waals surface area contributed by atoms with Gasteiger partial charge >= 0.3 is 11.9 Å². The Morgan fingerprint density at radius 3 is 1.48 bits per heavy atom. The van der Waals surface area contributed by atoms with E-state index >= 15 is 0 Å². The molecule has 2 aliphatic carbocycles. The van der Waals surface area contributed by atoms with E-state index in [4.69, 9.17) is 26.6 Å². The number of aromatic carboxylic acids is 1. The minimum Gasteiger partial charge on any atom is -0.478 e. The number of aromatic nitrogens is 4. The van der Waals surface area contributed by atoms with Gasteiger partial charge in [0.2, 0.25) is 0 Å². The minimum absolute atomic E-state index is 0. The fraction of sp³-hybridized carbons (Fsp3) is 0.368. The Kier molecular flexibility index (Phi) is 16.0. The number of nitrogens with two attached hydrogens (primary N) is 2. The number of carbonyl (C=O) groups is 2. The number of carboxylic acid groups (broad SMARTS) is 1. The van der Waals surface area contributed by atoms with E-state index in [-0.39, 0.29) is 48.7 Å². The SMILES string of the molecule is Cc1nc(C)c(F)c(N[C@@H](C)c2ccc(C(=O)O)cc2)n1.Cc1nc(C)c(F)c(N[C@@H](C)c2ccc(C(=O)O/N=C(\N)C3CC3)cc2)n1.N/C(=N\O)C1CC1.S. The number of aryl methyl sites for hydroxylation is 4. The molecule has 0 amide bonds. The first-order valence-electron chi connectivity index (χ1n) is 17.6. The number of nitrogens with one attached hydrogen (secondary N) is 2. The first kappa shape index (κ1) is 44.5. The van der Waals surface area contributed by atoms with Gasteiger partial charge in [-0.05, 0) is 103 Å². The maximum absolute atomic E-state index is 14.2. The number of oxime groups is 2. The predicted molar refractivity (Wildman–Crippen MR) is 213 cm³/mol. The number of hydrogen-bond donors (Lipinski definition) is 6. The lowest BCUT2D eigenvalue weighted by Gasteiger charge is -2.16. The second-order valence-corrected chi connectivity index (χ2v) is 13.3. The van der Waals surface area contributed by atoms with Crippen molar-refractivity contribution in [1.29, 1.82) is 0 Å². The first-order chi connectivity index (χ1) is 26.1. The maximum Gasteiger partial charge on any atom is 0.365 e.